The van der Waals surface area contributed by atoms with Gasteiger partial charge in [0.15, 0.2) is 0 Å². The van der Waals surface area contributed by atoms with E-state index in [-0.39, 0.29) is 18.2 Å². The smallest absolute Gasteiger partial charge is 0.326 e. The van der Waals surface area contributed by atoms with Crippen molar-refractivity contribution >= 4 is 17.8 Å². The molecule has 7 heteroatoms. The van der Waals surface area contributed by atoms with Gasteiger partial charge in [-0.1, -0.05) is 0 Å². The van der Waals surface area contributed by atoms with Crippen LogP contribution in [0, 0.1) is 5.92 Å². The summed E-state index contributed by atoms with van der Waals surface area (Å²) >= 11 is 0. The molecule has 0 radical (unpaired) electrons. The van der Waals surface area contributed by atoms with Crippen LogP contribution in [-0.2, 0) is 20.9 Å². The largest absolute Gasteiger partial charge is 0.480 e. The maximum atomic E-state index is 12.5. The number of carbonyl (C=O) groups is 3. The number of furan rings is 1. The molecular formula is C15H18N2O5. The molecule has 7 nitrogen and oxygen atoms in total. The first kappa shape index (κ1) is 14.6. The molecule has 1 unspecified atom stereocenters. The zero-order valence-electron chi connectivity index (χ0n) is 12.1. The molecular weight excluding hydrogens is 288 g/mol. The molecule has 2 atom stereocenters. The van der Waals surface area contributed by atoms with Gasteiger partial charge in [0.25, 0.3) is 0 Å². The Kier molecular flexibility index (Phi) is 3.87. The third-order valence-electron chi connectivity index (χ3n) is 4.31. The predicted molar refractivity (Wildman–Crippen MR) is 74.6 cm³/mol. The lowest BCUT2D eigenvalue weighted by Gasteiger charge is -2.24. The van der Waals surface area contributed by atoms with Gasteiger partial charge in [0.2, 0.25) is 11.8 Å². The van der Waals surface area contributed by atoms with Gasteiger partial charge < -0.3 is 19.3 Å². The molecule has 0 bridgehead atoms. The van der Waals surface area contributed by atoms with E-state index >= 15 is 0 Å². The number of hydrogen-bond donors (Lipinski definition) is 1. The number of carboxylic acids is 1. The molecule has 1 aromatic heterocycles. The van der Waals surface area contributed by atoms with Crippen molar-refractivity contribution in [2.24, 2.45) is 5.92 Å². The number of carboxylic acid groups (broad SMARTS) is 1. The Morgan fingerprint density at radius 2 is 2.23 bits per heavy atom. The summed E-state index contributed by atoms with van der Waals surface area (Å²) in [4.78, 5) is 38.8. The van der Waals surface area contributed by atoms with E-state index in [1.165, 1.54) is 4.90 Å². The zero-order chi connectivity index (χ0) is 15.7. The average Bonchev–Trinajstić information content (AvgIpc) is 3.20. The predicted octanol–water partition coefficient (Wildman–Crippen LogP) is 0.704. The highest BCUT2D eigenvalue weighted by molar-refractivity contribution is 5.91. The molecule has 2 saturated heterocycles. The van der Waals surface area contributed by atoms with Crippen molar-refractivity contribution < 1.29 is 23.9 Å². The van der Waals surface area contributed by atoms with Gasteiger partial charge in [0.05, 0.1) is 18.7 Å². The van der Waals surface area contributed by atoms with E-state index in [1.807, 2.05) is 0 Å². The van der Waals surface area contributed by atoms with Gasteiger partial charge in [-0.15, -0.1) is 0 Å². The van der Waals surface area contributed by atoms with Crippen LogP contribution >= 0.6 is 0 Å². The maximum Gasteiger partial charge on any atom is 0.326 e. The van der Waals surface area contributed by atoms with Gasteiger partial charge in [0, 0.05) is 19.5 Å². The Morgan fingerprint density at radius 3 is 2.91 bits per heavy atom. The Labute approximate surface area is 127 Å². The van der Waals surface area contributed by atoms with Crippen LogP contribution in [0.25, 0.3) is 0 Å². The van der Waals surface area contributed by atoms with Crippen LogP contribution in [0.5, 0.6) is 0 Å². The van der Waals surface area contributed by atoms with Crippen molar-refractivity contribution in [2.75, 3.05) is 13.1 Å². The van der Waals surface area contributed by atoms with Crippen molar-refractivity contribution in [2.45, 2.75) is 31.8 Å². The van der Waals surface area contributed by atoms with Crippen molar-refractivity contribution in [3.8, 4) is 0 Å². The van der Waals surface area contributed by atoms with E-state index in [9.17, 15) is 14.4 Å². The molecule has 0 saturated carbocycles. The maximum absolute atomic E-state index is 12.5. The summed E-state index contributed by atoms with van der Waals surface area (Å²) in [5, 5.41) is 9.17. The molecule has 2 aliphatic rings. The lowest BCUT2D eigenvalue weighted by atomic mass is 10.1. The highest BCUT2D eigenvalue weighted by Gasteiger charge is 2.41. The lowest BCUT2D eigenvalue weighted by molar-refractivity contribution is -0.149. The zero-order valence-corrected chi connectivity index (χ0v) is 12.1. The third-order valence-corrected chi connectivity index (χ3v) is 4.31. The van der Waals surface area contributed by atoms with E-state index in [4.69, 9.17) is 9.52 Å². The van der Waals surface area contributed by atoms with Gasteiger partial charge in [-0.05, 0) is 25.0 Å². The Bertz CT molecular complexity index is 583. The van der Waals surface area contributed by atoms with Crippen LogP contribution < -0.4 is 0 Å². The molecule has 3 heterocycles. The van der Waals surface area contributed by atoms with Crippen molar-refractivity contribution in [3.05, 3.63) is 24.2 Å². The molecule has 22 heavy (non-hydrogen) atoms. The fourth-order valence-electron chi connectivity index (χ4n) is 3.20. The van der Waals surface area contributed by atoms with E-state index in [1.54, 1.807) is 23.3 Å². The van der Waals surface area contributed by atoms with Gasteiger partial charge in [0.1, 0.15) is 11.8 Å². The Balaban J connectivity index is 1.65. The topological polar surface area (TPSA) is 91.1 Å². The molecule has 118 valence electrons. The number of carbonyl (C=O) groups excluding carboxylic acids is 2. The van der Waals surface area contributed by atoms with E-state index in [0.717, 1.165) is 0 Å². The van der Waals surface area contributed by atoms with Gasteiger partial charge in [-0.25, -0.2) is 4.79 Å². The second-order valence-corrected chi connectivity index (χ2v) is 5.78. The van der Waals surface area contributed by atoms with Crippen LogP contribution in [0.1, 0.15) is 25.0 Å². The average molecular weight is 306 g/mol. The normalized spacial score (nSPS) is 25.0. The fourth-order valence-corrected chi connectivity index (χ4v) is 3.20. The minimum Gasteiger partial charge on any atom is -0.480 e. The number of aliphatic carboxylic acids is 1. The van der Waals surface area contributed by atoms with Crippen molar-refractivity contribution in [3.63, 3.8) is 0 Å². The summed E-state index contributed by atoms with van der Waals surface area (Å²) in [5.41, 5.74) is 0. The number of likely N-dealkylation sites (tertiary alicyclic amines) is 2. The minimum atomic E-state index is -0.970. The molecule has 0 aromatic carbocycles. The summed E-state index contributed by atoms with van der Waals surface area (Å²) < 4.78 is 5.22. The highest BCUT2D eigenvalue weighted by atomic mass is 16.4. The SMILES string of the molecule is O=C(O)[C@@H]1CCCN1C(=O)C1CC(=O)N(Cc2ccco2)C1. The van der Waals surface area contributed by atoms with Crippen LogP contribution in [0.2, 0.25) is 0 Å². The quantitative estimate of drug-likeness (QED) is 0.884. The van der Waals surface area contributed by atoms with Crippen LogP contribution in [-0.4, -0.2) is 51.8 Å². The minimum absolute atomic E-state index is 0.0965. The first-order chi connectivity index (χ1) is 10.6. The first-order valence-corrected chi connectivity index (χ1v) is 7.39. The van der Waals surface area contributed by atoms with Gasteiger partial charge in [-0.3, -0.25) is 9.59 Å². The Hall–Kier alpha value is -2.31. The van der Waals surface area contributed by atoms with Crippen LogP contribution in [0.3, 0.4) is 0 Å². The molecule has 2 fully saturated rings. The van der Waals surface area contributed by atoms with Crippen LogP contribution in [0.15, 0.2) is 22.8 Å². The second-order valence-electron chi connectivity index (χ2n) is 5.78. The molecule has 1 N–H and O–H groups in total. The molecule has 2 amide bonds. The van der Waals surface area contributed by atoms with Crippen molar-refractivity contribution in [1.29, 1.82) is 0 Å². The summed E-state index contributed by atoms with van der Waals surface area (Å²) in [6.45, 7) is 1.12. The number of nitrogens with zero attached hydrogens (tertiary/aromatic N) is 2. The molecule has 2 aliphatic heterocycles. The van der Waals surface area contributed by atoms with Crippen LogP contribution in [0.4, 0.5) is 0 Å². The van der Waals surface area contributed by atoms with Gasteiger partial charge in [-0.2, -0.15) is 0 Å². The van der Waals surface area contributed by atoms with E-state index in [0.29, 0.717) is 38.2 Å². The molecule has 0 aliphatic carbocycles. The highest BCUT2D eigenvalue weighted by Crippen LogP contribution is 2.26. The van der Waals surface area contributed by atoms with E-state index < -0.39 is 17.9 Å². The number of amides is 2. The van der Waals surface area contributed by atoms with Crippen molar-refractivity contribution in [1.82, 2.24) is 9.80 Å². The monoisotopic (exact) mass is 306 g/mol. The Morgan fingerprint density at radius 1 is 1.41 bits per heavy atom. The summed E-state index contributed by atoms with van der Waals surface area (Å²) in [6, 6.07) is 2.78. The summed E-state index contributed by atoms with van der Waals surface area (Å²) in [5.74, 6) is -1.07. The summed E-state index contributed by atoms with van der Waals surface area (Å²) in [7, 11) is 0. The number of hydrogen-bond acceptors (Lipinski definition) is 4. The van der Waals surface area contributed by atoms with E-state index in [2.05, 4.69) is 0 Å². The molecule has 0 spiro atoms. The second kappa shape index (κ2) is 5.82. The molecule has 3 rings (SSSR count). The number of rotatable bonds is 4. The fraction of sp³-hybridized carbons (Fsp3) is 0.533. The first-order valence-electron chi connectivity index (χ1n) is 7.39. The third kappa shape index (κ3) is 2.70. The lowest BCUT2D eigenvalue weighted by Crippen LogP contribution is -2.44. The molecule has 1 aromatic rings. The summed E-state index contributed by atoms with van der Waals surface area (Å²) in [6.07, 6.45) is 2.86. The standard InChI is InChI=1S/C15H18N2O5/c18-13-7-10(8-16(13)9-11-3-2-6-22-11)14(19)17-5-1-4-12(17)15(20)21/h2-3,6,10,12H,1,4-5,7-9H2,(H,20,21)/t10?,12-/m0/s1. The van der Waals surface area contributed by atoms with Gasteiger partial charge >= 0.3 is 5.97 Å².